The molecule has 0 aromatic carbocycles. The highest BCUT2D eigenvalue weighted by atomic mass is 15.2. The Morgan fingerprint density at radius 1 is 1.67 bits per heavy atom. The molecular formula is C9H21N3. The van der Waals surface area contributed by atoms with Gasteiger partial charge in [0, 0.05) is 31.7 Å². The Morgan fingerprint density at radius 3 is 3.00 bits per heavy atom. The summed E-state index contributed by atoms with van der Waals surface area (Å²) >= 11 is 0. The van der Waals surface area contributed by atoms with Crippen molar-refractivity contribution in [2.24, 2.45) is 5.73 Å². The van der Waals surface area contributed by atoms with Gasteiger partial charge in [0.05, 0.1) is 0 Å². The summed E-state index contributed by atoms with van der Waals surface area (Å²) in [6, 6.07) is 1.02. The van der Waals surface area contributed by atoms with Crippen molar-refractivity contribution in [2.75, 3.05) is 26.2 Å². The molecule has 0 bridgehead atoms. The first-order valence-electron chi connectivity index (χ1n) is 4.90. The lowest BCUT2D eigenvalue weighted by molar-refractivity contribution is 0.169. The SMILES string of the molecule is CC(N)CCN1CCNCC1C. The van der Waals surface area contributed by atoms with E-state index in [1.165, 1.54) is 6.54 Å². The molecule has 72 valence electrons. The second-order valence-corrected chi connectivity index (χ2v) is 3.86. The van der Waals surface area contributed by atoms with Crippen LogP contribution in [0, 0.1) is 0 Å². The molecule has 1 saturated heterocycles. The van der Waals surface area contributed by atoms with E-state index in [2.05, 4.69) is 24.1 Å². The predicted molar refractivity (Wildman–Crippen MR) is 52.2 cm³/mol. The summed E-state index contributed by atoms with van der Waals surface area (Å²) in [5, 5.41) is 3.38. The normalized spacial score (nSPS) is 28.8. The summed E-state index contributed by atoms with van der Waals surface area (Å²) in [6.45, 7) is 8.93. The fraction of sp³-hybridized carbons (Fsp3) is 1.00. The molecule has 0 aromatic heterocycles. The van der Waals surface area contributed by atoms with Crippen LogP contribution in [0.3, 0.4) is 0 Å². The molecular weight excluding hydrogens is 150 g/mol. The Labute approximate surface area is 75.3 Å². The average Bonchev–Trinajstić information content (AvgIpc) is 2.03. The highest BCUT2D eigenvalue weighted by molar-refractivity contribution is 4.76. The second kappa shape index (κ2) is 4.80. The lowest BCUT2D eigenvalue weighted by atomic mass is 10.2. The molecule has 0 aliphatic carbocycles. The lowest BCUT2D eigenvalue weighted by Crippen LogP contribution is -2.50. The summed E-state index contributed by atoms with van der Waals surface area (Å²) < 4.78 is 0. The fourth-order valence-electron chi connectivity index (χ4n) is 1.58. The second-order valence-electron chi connectivity index (χ2n) is 3.86. The van der Waals surface area contributed by atoms with Crippen molar-refractivity contribution in [3.05, 3.63) is 0 Å². The summed E-state index contributed by atoms with van der Waals surface area (Å²) in [6.07, 6.45) is 1.12. The summed E-state index contributed by atoms with van der Waals surface area (Å²) in [5.74, 6) is 0. The smallest absolute Gasteiger partial charge is 0.0192 e. The third kappa shape index (κ3) is 3.09. The number of hydrogen-bond donors (Lipinski definition) is 2. The van der Waals surface area contributed by atoms with Crippen LogP contribution in [0.25, 0.3) is 0 Å². The number of hydrogen-bond acceptors (Lipinski definition) is 3. The molecule has 1 fully saturated rings. The first kappa shape index (κ1) is 9.96. The summed E-state index contributed by atoms with van der Waals surface area (Å²) in [7, 11) is 0. The topological polar surface area (TPSA) is 41.3 Å². The predicted octanol–water partition coefficient (Wildman–Crippen LogP) is 0.0174. The van der Waals surface area contributed by atoms with Gasteiger partial charge in [-0.25, -0.2) is 0 Å². The van der Waals surface area contributed by atoms with Gasteiger partial charge in [-0.05, 0) is 26.8 Å². The number of piperazine rings is 1. The van der Waals surface area contributed by atoms with Crippen LogP contribution in [0.1, 0.15) is 20.3 Å². The van der Waals surface area contributed by atoms with Crippen LogP contribution in [0.5, 0.6) is 0 Å². The Kier molecular flexibility index (Phi) is 3.98. The Balaban J connectivity index is 2.20. The molecule has 0 spiro atoms. The highest BCUT2D eigenvalue weighted by Crippen LogP contribution is 2.03. The Morgan fingerprint density at radius 2 is 2.42 bits per heavy atom. The zero-order chi connectivity index (χ0) is 8.97. The van der Waals surface area contributed by atoms with Gasteiger partial charge in [0.15, 0.2) is 0 Å². The minimum atomic E-state index is 0.340. The lowest BCUT2D eigenvalue weighted by Gasteiger charge is -2.34. The number of rotatable bonds is 3. The largest absolute Gasteiger partial charge is 0.328 e. The van der Waals surface area contributed by atoms with E-state index in [0.29, 0.717) is 12.1 Å². The molecule has 0 aromatic rings. The van der Waals surface area contributed by atoms with Crippen molar-refractivity contribution in [3.8, 4) is 0 Å². The van der Waals surface area contributed by atoms with Crippen LogP contribution in [-0.4, -0.2) is 43.2 Å². The molecule has 0 amide bonds. The van der Waals surface area contributed by atoms with Gasteiger partial charge in [-0.3, -0.25) is 4.90 Å². The molecule has 1 aliphatic rings. The monoisotopic (exact) mass is 171 g/mol. The molecule has 3 heteroatoms. The third-order valence-corrected chi connectivity index (χ3v) is 2.51. The van der Waals surface area contributed by atoms with Crippen LogP contribution in [0.15, 0.2) is 0 Å². The maximum atomic E-state index is 5.71. The summed E-state index contributed by atoms with van der Waals surface area (Å²) in [4.78, 5) is 2.51. The summed E-state index contributed by atoms with van der Waals surface area (Å²) in [5.41, 5.74) is 5.71. The van der Waals surface area contributed by atoms with Crippen molar-refractivity contribution in [1.29, 1.82) is 0 Å². The molecule has 1 aliphatic heterocycles. The third-order valence-electron chi connectivity index (χ3n) is 2.51. The van der Waals surface area contributed by atoms with Gasteiger partial charge in [-0.1, -0.05) is 0 Å². The first-order valence-corrected chi connectivity index (χ1v) is 4.90. The molecule has 1 heterocycles. The van der Waals surface area contributed by atoms with Crippen molar-refractivity contribution in [1.82, 2.24) is 10.2 Å². The average molecular weight is 171 g/mol. The van der Waals surface area contributed by atoms with E-state index in [9.17, 15) is 0 Å². The zero-order valence-electron chi connectivity index (χ0n) is 8.21. The quantitative estimate of drug-likeness (QED) is 0.629. The molecule has 0 saturated carbocycles. The number of nitrogens with two attached hydrogens (primary N) is 1. The van der Waals surface area contributed by atoms with E-state index in [1.54, 1.807) is 0 Å². The van der Waals surface area contributed by atoms with Gasteiger partial charge in [0.1, 0.15) is 0 Å². The van der Waals surface area contributed by atoms with Crippen LogP contribution in [-0.2, 0) is 0 Å². The van der Waals surface area contributed by atoms with Crippen molar-refractivity contribution in [3.63, 3.8) is 0 Å². The fourth-order valence-corrected chi connectivity index (χ4v) is 1.58. The number of nitrogens with zero attached hydrogens (tertiary/aromatic N) is 1. The first-order chi connectivity index (χ1) is 5.70. The molecule has 0 radical (unpaired) electrons. The Bertz CT molecular complexity index is 125. The minimum Gasteiger partial charge on any atom is -0.328 e. The van der Waals surface area contributed by atoms with Crippen LogP contribution in [0.2, 0.25) is 0 Å². The standard InChI is InChI=1S/C9H21N3/c1-8(10)3-5-12-6-4-11-7-9(12)2/h8-9,11H,3-7,10H2,1-2H3. The van der Waals surface area contributed by atoms with E-state index < -0.39 is 0 Å². The molecule has 3 nitrogen and oxygen atoms in total. The van der Waals surface area contributed by atoms with Crippen molar-refractivity contribution in [2.45, 2.75) is 32.4 Å². The molecule has 1 rings (SSSR count). The van der Waals surface area contributed by atoms with E-state index in [-0.39, 0.29) is 0 Å². The molecule has 2 atom stereocenters. The maximum Gasteiger partial charge on any atom is 0.0192 e. The molecule has 3 N–H and O–H groups in total. The van der Waals surface area contributed by atoms with Crippen molar-refractivity contribution >= 4 is 0 Å². The van der Waals surface area contributed by atoms with Gasteiger partial charge in [-0.2, -0.15) is 0 Å². The van der Waals surface area contributed by atoms with Crippen LogP contribution < -0.4 is 11.1 Å². The van der Waals surface area contributed by atoms with Gasteiger partial charge in [0.25, 0.3) is 0 Å². The van der Waals surface area contributed by atoms with Gasteiger partial charge in [-0.15, -0.1) is 0 Å². The zero-order valence-corrected chi connectivity index (χ0v) is 8.21. The van der Waals surface area contributed by atoms with Gasteiger partial charge < -0.3 is 11.1 Å². The van der Waals surface area contributed by atoms with Crippen LogP contribution >= 0.6 is 0 Å². The van der Waals surface area contributed by atoms with Gasteiger partial charge in [0.2, 0.25) is 0 Å². The molecule has 2 unspecified atom stereocenters. The number of nitrogens with one attached hydrogen (secondary N) is 1. The van der Waals surface area contributed by atoms with Gasteiger partial charge >= 0.3 is 0 Å². The molecule has 12 heavy (non-hydrogen) atoms. The Hall–Kier alpha value is -0.120. The highest BCUT2D eigenvalue weighted by Gasteiger charge is 2.16. The van der Waals surface area contributed by atoms with E-state index in [1.807, 2.05) is 0 Å². The minimum absolute atomic E-state index is 0.340. The van der Waals surface area contributed by atoms with Crippen molar-refractivity contribution < 1.29 is 0 Å². The maximum absolute atomic E-state index is 5.71. The van der Waals surface area contributed by atoms with E-state index >= 15 is 0 Å². The van der Waals surface area contributed by atoms with E-state index in [4.69, 9.17) is 5.73 Å². The van der Waals surface area contributed by atoms with Crippen LogP contribution in [0.4, 0.5) is 0 Å². The van der Waals surface area contributed by atoms with E-state index in [0.717, 1.165) is 26.1 Å².